The number of hydrogen-bond acceptors (Lipinski definition) is 5. The Kier molecular flexibility index (Phi) is 6.01. The lowest BCUT2D eigenvalue weighted by molar-refractivity contribution is -0.133. The summed E-state index contributed by atoms with van der Waals surface area (Å²) in [5.74, 6) is 3.41. The van der Waals surface area contributed by atoms with E-state index in [1.54, 1.807) is 7.11 Å². The van der Waals surface area contributed by atoms with Gasteiger partial charge < -0.3 is 15.0 Å². The fourth-order valence-corrected chi connectivity index (χ4v) is 4.03. The summed E-state index contributed by atoms with van der Waals surface area (Å²) in [4.78, 5) is 31.2. The van der Waals surface area contributed by atoms with Crippen LogP contribution in [0.2, 0.25) is 0 Å². The van der Waals surface area contributed by atoms with Crippen molar-refractivity contribution in [2.45, 2.75) is 56.9 Å². The fraction of sp³-hybridized carbons (Fsp3) is 0.545. The van der Waals surface area contributed by atoms with Crippen molar-refractivity contribution in [3.8, 4) is 5.75 Å². The van der Waals surface area contributed by atoms with Crippen molar-refractivity contribution < 1.29 is 14.3 Å². The Morgan fingerprint density at radius 1 is 1.17 bits per heavy atom. The van der Waals surface area contributed by atoms with E-state index in [4.69, 9.17) is 4.74 Å². The van der Waals surface area contributed by atoms with Crippen LogP contribution in [0.1, 0.15) is 74.1 Å². The van der Waals surface area contributed by atoms with Gasteiger partial charge in [-0.15, -0.1) is 0 Å². The Morgan fingerprint density at radius 2 is 1.87 bits per heavy atom. The molecule has 1 saturated carbocycles. The predicted octanol–water partition coefficient (Wildman–Crippen LogP) is 2.66. The van der Waals surface area contributed by atoms with Crippen molar-refractivity contribution in [3.63, 3.8) is 0 Å². The van der Waals surface area contributed by atoms with E-state index in [0.29, 0.717) is 24.9 Å². The third kappa shape index (κ3) is 4.80. The first-order valence-electron chi connectivity index (χ1n) is 10.6. The molecule has 8 heteroatoms. The van der Waals surface area contributed by atoms with Gasteiger partial charge in [-0.05, 0) is 43.4 Å². The lowest BCUT2D eigenvalue weighted by Gasteiger charge is -2.32. The van der Waals surface area contributed by atoms with Crippen LogP contribution < -0.4 is 10.1 Å². The van der Waals surface area contributed by atoms with Crippen LogP contribution >= 0.6 is 0 Å². The van der Waals surface area contributed by atoms with Crippen LogP contribution in [0.5, 0.6) is 5.75 Å². The Bertz CT molecular complexity index is 882. The van der Waals surface area contributed by atoms with Crippen LogP contribution in [0.25, 0.3) is 0 Å². The quantitative estimate of drug-likeness (QED) is 0.730. The maximum absolute atomic E-state index is 12.9. The first-order valence-corrected chi connectivity index (χ1v) is 10.6. The van der Waals surface area contributed by atoms with Gasteiger partial charge in [0.2, 0.25) is 11.8 Å². The molecule has 4 rings (SSSR count). The average molecular weight is 412 g/mol. The molecule has 2 fully saturated rings. The normalized spacial score (nSPS) is 18.1. The second kappa shape index (κ2) is 8.85. The maximum Gasteiger partial charge on any atom is 0.224 e. The Labute approximate surface area is 176 Å². The molecule has 30 heavy (non-hydrogen) atoms. The van der Waals surface area contributed by atoms with Crippen molar-refractivity contribution in [2.75, 3.05) is 20.2 Å². The zero-order valence-electron chi connectivity index (χ0n) is 17.6. The Morgan fingerprint density at radius 3 is 2.47 bits per heavy atom. The number of nitrogens with zero attached hydrogens (tertiary/aromatic N) is 3. The molecule has 1 saturated heterocycles. The number of nitrogens with one attached hydrogen (secondary N) is 2. The summed E-state index contributed by atoms with van der Waals surface area (Å²) in [6, 6.07) is 7.11. The standard InChI is InChI=1S/C22H29N5O3/c1-14(28)23-19(15-5-7-18(30-2)8-6-15)13-20(29)27-11-9-17(10-12-27)22-24-21(25-26-22)16-3-4-16/h5-8,16-17,19H,3-4,9-13H2,1-2H3,(H,23,28)(H,24,25,26). The molecule has 8 nitrogen and oxygen atoms in total. The SMILES string of the molecule is COc1ccc(C(CC(=O)N2CCC(c3nc(C4CC4)n[nH]3)CC2)NC(C)=O)cc1. The molecule has 2 heterocycles. The molecule has 2 aromatic rings. The number of ether oxygens (including phenoxy) is 1. The topological polar surface area (TPSA) is 100 Å². The van der Waals surface area contributed by atoms with Crippen LogP contribution in [0.3, 0.4) is 0 Å². The minimum Gasteiger partial charge on any atom is -0.497 e. The second-order valence-electron chi connectivity index (χ2n) is 8.24. The largest absolute Gasteiger partial charge is 0.497 e. The molecule has 1 unspecified atom stereocenters. The summed E-state index contributed by atoms with van der Waals surface area (Å²) in [7, 11) is 1.61. The number of aromatic amines is 1. The highest BCUT2D eigenvalue weighted by Crippen LogP contribution is 2.38. The number of likely N-dealkylation sites (tertiary alicyclic amines) is 1. The summed E-state index contributed by atoms with van der Waals surface area (Å²) >= 11 is 0. The molecule has 0 bridgehead atoms. The van der Waals surface area contributed by atoms with Crippen molar-refractivity contribution in [3.05, 3.63) is 41.5 Å². The van der Waals surface area contributed by atoms with Crippen LogP contribution in [0.4, 0.5) is 0 Å². The molecule has 1 aliphatic carbocycles. The minimum absolute atomic E-state index is 0.0549. The zero-order chi connectivity index (χ0) is 21.1. The molecule has 1 aliphatic heterocycles. The van der Waals surface area contributed by atoms with E-state index in [9.17, 15) is 9.59 Å². The average Bonchev–Trinajstić information content (AvgIpc) is 3.49. The van der Waals surface area contributed by atoms with Gasteiger partial charge in [-0.2, -0.15) is 5.10 Å². The number of hydrogen-bond donors (Lipinski definition) is 2. The monoisotopic (exact) mass is 411 g/mol. The Hall–Kier alpha value is -2.90. The van der Waals surface area contributed by atoms with E-state index >= 15 is 0 Å². The summed E-state index contributed by atoms with van der Waals surface area (Å²) in [5, 5.41) is 10.4. The molecule has 1 aromatic carbocycles. The summed E-state index contributed by atoms with van der Waals surface area (Å²) < 4.78 is 5.20. The first kappa shape index (κ1) is 20.4. The molecular formula is C22H29N5O3. The van der Waals surface area contributed by atoms with Gasteiger partial charge in [0.25, 0.3) is 0 Å². The summed E-state index contributed by atoms with van der Waals surface area (Å²) in [6.07, 6.45) is 4.36. The fourth-order valence-electron chi connectivity index (χ4n) is 4.03. The molecule has 2 N–H and O–H groups in total. The highest BCUT2D eigenvalue weighted by molar-refractivity contribution is 5.79. The van der Waals surface area contributed by atoms with Crippen LogP contribution in [0, 0.1) is 0 Å². The van der Waals surface area contributed by atoms with Crippen molar-refractivity contribution in [1.82, 2.24) is 25.4 Å². The molecule has 0 radical (unpaired) electrons. The number of carbonyl (C=O) groups excluding carboxylic acids is 2. The third-order valence-electron chi connectivity index (χ3n) is 5.97. The van der Waals surface area contributed by atoms with Crippen LogP contribution in [-0.2, 0) is 9.59 Å². The predicted molar refractivity (Wildman–Crippen MR) is 111 cm³/mol. The number of H-pyrrole nitrogens is 1. The molecule has 0 spiro atoms. The highest BCUT2D eigenvalue weighted by atomic mass is 16.5. The lowest BCUT2D eigenvalue weighted by atomic mass is 9.95. The highest BCUT2D eigenvalue weighted by Gasteiger charge is 2.31. The number of aromatic nitrogens is 3. The summed E-state index contributed by atoms with van der Waals surface area (Å²) in [5.41, 5.74) is 0.892. The zero-order valence-corrected chi connectivity index (χ0v) is 17.6. The van der Waals surface area contributed by atoms with Gasteiger partial charge in [-0.1, -0.05) is 12.1 Å². The summed E-state index contributed by atoms with van der Waals surface area (Å²) in [6.45, 7) is 2.86. The number of amides is 2. The van der Waals surface area contributed by atoms with Gasteiger partial charge >= 0.3 is 0 Å². The van der Waals surface area contributed by atoms with Gasteiger partial charge in [0, 0.05) is 31.8 Å². The van der Waals surface area contributed by atoms with Gasteiger partial charge in [0.15, 0.2) is 5.82 Å². The molecule has 1 aromatic heterocycles. The maximum atomic E-state index is 12.9. The lowest BCUT2D eigenvalue weighted by Crippen LogP contribution is -2.40. The van der Waals surface area contributed by atoms with E-state index in [0.717, 1.165) is 35.8 Å². The van der Waals surface area contributed by atoms with Crippen molar-refractivity contribution in [1.29, 1.82) is 0 Å². The van der Waals surface area contributed by atoms with Crippen LogP contribution in [0.15, 0.2) is 24.3 Å². The van der Waals surface area contributed by atoms with Gasteiger partial charge in [0.05, 0.1) is 19.6 Å². The van der Waals surface area contributed by atoms with Crippen molar-refractivity contribution >= 4 is 11.8 Å². The molecular weight excluding hydrogens is 382 g/mol. The van der Waals surface area contributed by atoms with E-state index in [1.807, 2.05) is 29.2 Å². The Balaban J connectivity index is 1.34. The van der Waals surface area contributed by atoms with E-state index in [1.165, 1.54) is 19.8 Å². The number of methoxy groups -OCH3 is 1. The molecule has 2 amide bonds. The van der Waals surface area contributed by atoms with E-state index in [2.05, 4.69) is 20.5 Å². The van der Waals surface area contributed by atoms with Crippen molar-refractivity contribution in [2.24, 2.45) is 0 Å². The van der Waals surface area contributed by atoms with Gasteiger partial charge in [-0.25, -0.2) is 4.98 Å². The second-order valence-corrected chi connectivity index (χ2v) is 8.24. The number of carbonyl (C=O) groups is 2. The number of benzene rings is 1. The minimum atomic E-state index is -0.353. The molecule has 160 valence electrons. The smallest absolute Gasteiger partial charge is 0.224 e. The first-order chi connectivity index (χ1) is 14.5. The van der Waals surface area contributed by atoms with E-state index < -0.39 is 0 Å². The third-order valence-corrected chi connectivity index (χ3v) is 5.97. The van der Waals surface area contributed by atoms with Gasteiger partial charge in [0.1, 0.15) is 11.6 Å². The number of piperidine rings is 1. The molecule has 2 aliphatic rings. The van der Waals surface area contributed by atoms with E-state index in [-0.39, 0.29) is 24.3 Å². The van der Waals surface area contributed by atoms with Crippen LogP contribution in [-0.4, -0.2) is 52.1 Å². The molecule has 1 atom stereocenters. The van der Waals surface area contributed by atoms with Gasteiger partial charge in [-0.3, -0.25) is 14.7 Å². The number of rotatable bonds is 7.